The van der Waals surface area contributed by atoms with Gasteiger partial charge in [0.2, 0.25) is 0 Å². The summed E-state index contributed by atoms with van der Waals surface area (Å²) in [4.78, 5) is 21.7. The largest absolute Gasteiger partial charge is 0.394 e. The van der Waals surface area contributed by atoms with E-state index in [1.165, 1.54) is 17.0 Å². The lowest BCUT2D eigenvalue weighted by atomic mass is 10.1. The summed E-state index contributed by atoms with van der Waals surface area (Å²) < 4.78 is 31.3. The first-order valence-electron chi connectivity index (χ1n) is 9.96. The summed E-state index contributed by atoms with van der Waals surface area (Å²) in [7, 11) is -0.390. The van der Waals surface area contributed by atoms with E-state index in [4.69, 9.17) is 4.74 Å². The molecule has 0 unspecified atom stereocenters. The number of hydrogen-bond acceptors (Lipinski definition) is 9. The van der Waals surface area contributed by atoms with Crippen molar-refractivity contribution < 1.29 is 18.3 Å². The summed E-state index contributed by atoms with van der Waals surface area (Å²) >= 11 is 0. The molecule has 0 aliphatic heterocycles. The van der Waals surface area contributed by atoms with Gasteiger partial charge in [-0.05, 0) is 25.1 Å². The number of benzene rings is 1. The van der Waals surface area contributed by atoms with E-state index in [2.05, 4.69) is 20.6 Å². The van der Waals surface area contributed by atoms with Crippen LogP contribution >= 0.6 is 0 Å². The van der Waals surface area contributed by atoms with Gasteiger partial charge in [-0.3, -0.25) is 4.79 Å². The van der Waals surface area contributed by atoms with Gasteiger partial charge < -0.3 is 25.0 Å². The van der Waals surface area contributed by atoms with Crippen molar-refractivity contribution in [2.45, 2.75) is 17.9 Å². The minimum atomic E-state index is -3.57. The third kappa shape index (κ3) is 5.06. The molecule has 0 fully saturated rings. The van der Waals surface area contributed by atoms with Crippen LogP contribution in [-0.4, -0.2) is 67.2 Å². The van der Waals surface area contributed by atoms with Crippen LogP contribution in [0.3, 0.4) is 0 Å². The number of aromatic nitrogens is 3. The van der Waals surface area contributed by atoms with Gasteiger partial charge in [0.05, 0.1) is 41.3 Å². The van der Waals surface area contributed by atoms with Crippen LogP contribution in [0.1, 0.15) is 6.92 Å². The monoisotopic (exact) mass is 461 g/mol. The van der Waals surface area contributed by atoms with Gasteiger partial charge in [0.1, 0.15) is 11.2 Å². The highest BCUT2D eigenvalue weighted by atomic mass is 32.2. The fraction of sp³-hybridized carbons (Fsp3) is 0.381. The molecular formula is C21H27N5O5S. The van der Waals surface area contributed by atoms with Crippen molar-refractivity contribution in [3.63, 3.8) is 0 Å². The summed E-state index contributed by atoms with van der Waals surface area (Å²) in [6.45, 7) is 2.44. The topological polar surface area (TPSA) is 135 Å². The van der Waals surface area contributed by atoms with Gasteiger partial charge in [0, 0.05) is 38.6 Å². The maximum absolute atomic E-state index is 12.7. The van der Waals surface area contributed by atoms with E-state index >= 15 is 0 Å². The number of methoxy groups -OCH3 is 1. The van der Waals surface area contributed by atoms with Gasteiger partial charge in [-0.25, -0.2) is 18.4 Å². The number of nitrogens with zero attached hydrogens (tertiary/aromatic N) is 3. The highest BCUT2D eigenvalue weighted by molar-refractivity contribution is 7.90. The molecule has 32 heavy (non-hydrogen) atoms. The molecule has 2 heterocycles. The second-order valence-corrected chi connectivity index (χ2v) is 9.53. The maximum Gasteiger partial charge on any atom is 0.264 e. The van der Waals surface area contributed by atoms with E-state index in [0.29, 0.717) is 46.8 Å². The van der Waals surface area contributed by atoms with Gasteiger partial charge in [-0.15, -0.1) is 0 Å². The Morgan fingerprint density at radius 3 is 2.69 bits per heavy atom. The molecule has 0 amide bonds. The first-order valence-corrected chi connectivity index (χ1v) is 11.9. The molecule has 10 nitrogen and oxygen atoms in total. The predicted octanol–water partition coefficient (Wildman–Crippen LogP) is 1.25. The average molecular weight is 462 g/mol. The van der Waals surface area contributed by atoms with E-state index in [1.54, 1.807) is 39.3 Å². The number of aliphatic hydroxyl groups is 1. The Kier molecular flexibility index (Phi) is 7.12. The molecule has 3 N–H and O–H groups in total. The average Bonchev–Trinajstić information content (AvgIpc) is 2.75. The molecule has 3 aromatic rings. The SMILES string of the molecule is COCCNc1nc(-c2ccc(N[C@H](C)CO)c(S(C)(=O)=O)c2)cc2ncn(C)c(=O)c12. The van der Waals surface area contributed by atoms with Crippen LogP contribution in [-0.2, 0) is 21.6 Å². The number of aryl methyl sites for hydroxylation is 1. The zero-order chi connectivity index (χ0) is 23.5. The fourth-order valence-electron chi connectivity index (χ4n) is 3.19. The quantitative estimate of drug-likeness (QED) is 0.402. The van der Waals surface area contributed by atoms with Crippen molar-refractivity contribution in [2.24, 2.45) is 7.05 Å². The lowest BCUT2D eigenvalue weighted by Crippen LogP contribution is -2.21. The van der Waals surface area contributed by atoms with Crippen LogP contribution in [0, 0.1) is 0 Å². The number of fused-ring (bicyclic) bond motifs is 1. The minimum absolute atomic E-state index is 0.0861. The predicted molar refractivity (Wildman–Crippen MR) is 124 cm³/mol. The molecule has 1 atom stereocenters. The molecule has 0 bridgehead atoms. The molecule has 1 aromatic carbocycles. The first-order chi connectivity index (χ1) is 15.2. The molecule has 0 aliphatic carbocycles. The lowest BCUT2D eigenvalue weighted by Gasteiger charge is -2.17. The third-order valence-corrected chi connectivity index (χ3v) is 5.99. The van der Waals surface area contributed by atoms with E-state index < -0.39 is 9.84 Å². The number of nitrogens with one attached hydrogen (secondary N) is 2. The highest BCUT2D eigenvalue weighted by Gasteiger charge is 2.18. The standard InChI is InChI=1S/C21H27N5O5S/c1-13(11-27)24-15-6-5-14(9-18(15)32(4,29)30)16-10-17-19(21(28)26(2)12-23-17)20(25-16)22-7-8-31-3/h5-6,9-10,12-13,24,27H,7-8,11H2,1-4H3,(H,22,25)/t13-/m1/s1. The van der Waals surface area contributed by atoms with Crippen LogP contribution in [0.25, 0.3) is 22.2 Å². The Balaban J connectivity index is 2.18. The zero-order valence-electron chi connectivity index (χ0n) is 18.4. The van der Waals surface area contributed by atoms with Gasteiger partial charge in [-0.2, -0.15) is 0 Å². The summed E-state index contributed by atoms with van der Waals surface area (Å²) in [5.74, 6) is 0.347. The third-order valence-electron chi connectivity index (χ3n) is 4.85. The Morgan fingerprint density at radius 2 is 2.03 bits per heavy atom. The van der Waals surface area contributed by atoms with E-state index in [1.807, 2.05) is 0 Å². The Labute approximate surface area is 186 Å². The number of sulfone groups is 1. The second-order valence-electron chi connectivity index (χ2n) is 7.54. The van der Waals surface area contributed by atoms with Crippen molar-refractivity contribution in [1.82, 2.24) is 14.5 Å². The van der Waals surface area contributed by atoms with Crippen molar-refractivity contribution in [2.75, 3.05) is 43.8 Å². The van der Waals surface area contributed by atoms with Crippen molar-refractivity contribution >= 4 is 32.2 Å². The second kappa shape index (κ2) is 9.63. The molecule has 11 heteroatoms. The number of ether oxygens (including phenoxy) is 1. The molecule has 0 saturated carbocycles. The van der Waals surface area contributed by atoms with Crippen molar-refractivity contribution in [3.05, 3.63) is 40.9 Å². The molecule has 3 rings (SSSR count). The van der Waals surface area contributed by atoms with Crippen LogP contribution in [0.15, 0.2) is 40.3 Å². The molecule has 172 valence electrons. The van der Waals surface area contributed by atoms with Gasteiger partial charge in [0.25, 0.3) is 5.56 Å². The highest BCUT2D eigenvalue weighted by Crippen LogP contribution is 2.30. The molecule has 2 aromatic heterocycles. The van der Waals surface area contributed by atoms with E-state index in [9.17, 15) is 18.3 Å². The zero-order valence-corrected chi connectivity index (χ0v) is 19.2. The Hall–Kier alpha value is -3.02. The summed E-state index contributed by atoms with van der Waals surface area (Å²) in [5, 5.41) is 15.8. The van der Waals surface area contributed by atoms with Crippen LogP contribution in [0.2, 0.25) is 0 Å². The van der Waals surface area contributed by atoms with Crippen LogP contribution < -0.4 is 16.2 Å². The van der Waals surface area contributed by atoms with Gasteiger partial charge >= 0.3 is 0 Å². The van der Waals surface area contributed by atoms with Gasteiger partial charge in [-0.1, -0.05) is 6.07 Å². The van der Waals surface area contributed by atoms with E-state index in [-0.39, 0.29) is 23.1 Å². The van der Waals surface area contributed by atoms with Crippen LogP contribution in [0.4, 0.5) is 11.5 Å². The Bertz CT molecular complexity index is 1290. The number of anilines is 2. The molecular weight excluding hydrogens is 434 g/mol. The maximum atomic E-state index is 12.7. The van der Waals surface area contributed by atoms with Gasteiger partial charge in [0.15, 0.2) is 9.84 Å². The Morgan fingerprint density at radius 1 is 1.28 bits per heavy atom. The number of hydrogen-bond donors (Lipinski definition) is 3. The van der Waals surface area contributed by atoms with E-state index in [0.717, 1.165) is 6.26 Å². The number of aliphatic hydroxyl groups excluding tert-OH is 1. The summed E-state index contributed by atoms with van der Waals surface area (Å²) in [5.41, 5.74) is 1.60. The van der Waals surface area contributed by atoms with Crippen molar-refractivity contribution in [1.29, 1.82) is 0 Å². The summed E-state index contributed by atoms with van der Waals surface area (Å²) in [6.07, 6.45) is 2.55. The smallest absolute Gasteiger partial charge is 0.264 e. The molecule has 0 saturated heterocycles. The fourth-order valence-corrected chi connectivity index (χ4v) is 4.06. The van der Waals surface area contributed by atoms with Crippen LogP contribution in [0.5, 0.6) is 0 Å². The number of rotatable bonds is 9. The number of pyridine rings is 1. The lowest BCUT2D eigenvalue weighted by molar-refractivity contribution is 0.210. The molecule has 0 aliphatic rings. The first kappa shape index (κ1) is 23.6. The van der Waals surface area contributed by atoms with Crippen molar-refractivity contribution in [3.8, 4) is 11.3 Å². The molecule has 0 radical (unpaired) electrons. The normalized spacial score (nSPS) is 12.7. The minimum Gasteiger partial charge on any atom is -0.394 e. The summed E-state index contributed by atoms with van der Waals surface area (Å²) in [6, 6.07) is 6.23. The molecule has 0 spiro atoms.